The fourth-order valence-electron chi connectivity index (χ4n) is 2.72. The predicted octanol–water partition coefficient (Wildman–Crippen LogP) is 2.55. The molecule has 1 amide bonds. The van der Waals surface area contributed by atoms with Gasteiger partial charge in [-0.2, -0.15) is 0 Å². The minimum Gasteiger partial charge on any atom is -0.495 e. The Morgan fingerprint density at radius 2 is 1.89 bits per heavy atom. The molecule has 0 saturated carbocycles. The molecule has 1 heterocycles. The molecule has 27 heavy (non-hydrogen) atoms. The highest BCUT2D eigenvalue weighted by atomic mass is 19.2. The van der Waals surface area contributed by atoms with E-state index in [0.717, 1.165) is 0 Å². The molecule has 0 radical (unpaired) electrons. The summed E-state index contributed by atoms with van der Waals surface area (Å²) in [5.74, 6) is -4.61. The van der Waals surface area contributed by atoms with E-state index in [1.165, 1.54) is 12.0 Å². The molecule has 1 unspecified atom stereocenters. The highest BCUT2D eigenvalue weighted by molar-refractivity contribution is 6.00. The van der Waals surface area contributed by atoms with Gasteiger partial charge in [-0.05, 0) is 24.3 Å². The minimum absolute atomic E-state index is 0.196. The van der Waals surface area contributed by atoms with Gasteiger partial charge in [-0.3, -0.25) is 4.79 Å². The van der Waals surface area contributed by atoms with Crippen LogP contribution in [-0.2, 0) is 9.63 Å². The lowest BCUT2D eigenvalue weighted by Gasteiger charge is -2.18. The van der Waals surface area contributed by atoms with Gasteiger partial charge in [0.15, 0.2) is 23.3 Å². The number of nitrogens with two attached hydrogens (primary N) is 1. The van der Waals surface area contributed by atoms with Crippen LogP contribution in [-0.4, -0.2) is 31.5 Å². The number of amides is 1. The van der Waals surface area contributed by atoms with E-state index in [1.807, 2.05) is 0 Å². The van der Waals surface area contributed by atoms with Crippen LogP contribution in [0.2, 0.25) is 0 Å². The van der Waals surface area contributed by atoms with Gasteiger partial charge in [0.25, 0.3) is 5.91 Å². The lowest BCUT2D eigenvalue weighted by molar-refractivity contribution is -0.127. The highest BCUT2D eigenvalue weighted by Gasteiger charge is 2.36. The molecule has 9 heteroatoms. The summed E-state index contributed by atoms with van der Waals surface area (Å²) in [4.78, 5) is 19.2. The number of carbonyl (C=O) groups is 1. The Labute approximate surface area is 153 Å². The van der Waals surface area contributed by atoms with Crippen LogP contribution in [0.3, 0.4) is 0 Å². The summed E-state index contributed by atoms with van der Waals surface area (Å²) in [5.41, 5.74) is 6.02. The maximum Gasteiger partial charge on any atom is 0.271 e. The first-order valence-corrected chi connectivity index (χ1v) is 8.01. The van der Waals surface area contributed by atoms with Crippen molar-refractivity contribution in [3.63, 3.8) is 0 Å². The highest BCUT2D eigenvalue weighted by Crippen LogP contribution is 2.31. The number of rotatable bonds is 5. The summed E-state index contributed by atoms with van der Waals surface area (Å²) >= 11 is 0. The number of methoxy groups -OCH3 is 1. The molecule has 1 saturated heterocycles. The van der Waals surface area contributed by atoms with Crippen LogP contribution in [0.5, 0.6) is 5.75 Å². The van der Waals surface area contributed by atoms with E-state index in [1.54, 1.807) is 24.3 Å². The molecule has 2 aromatic carbocycles. The lowest BCUT2D eigenvalue weighted by Crippen LogP contribution is -2.30. The molecule has 1 fully saturated rings. The fraction of sp³-hybridized carbons (Fsp3) is 0.222. The molecule has 1 aliphatic rings. The zero-order valence-electron chi connectivity index (χ0n) is 14.3. The third-order valence-electron chi connectivity index (χ3n) is 4.09. The van der Waals surface area contributed by atoms with Gasteiger partial charge in [-0.1, -0.05) is 17.3 Å². The Hall–Kier alpha value is -3.23. The molecule has 1 aliphatic heterocycles. The molecular weight excluding hydrogens is 363 g/mol. The first-order chi connectivity index (χ1) is 12.9. The van der Waals surface area contributed by atoms with E-state index < -0.39 is 23.6 Å². The maximum atomic E-state index is 13.3. The molecular formula is C18H16F3N3O3. The van der Waals surface area contributed by atoms with Crippen LogP contribution in [0.15, 0.2) is 41.6 Å². The molecule has 0 spiro atoms. The molecule has 1 atom stereocenters. The number of benzene rings is 2. The second kappa shape index (κ2) is 7.56. The Morgan fingerprint density at radius 1 is 1.22 bits per heavy atom. The number of amidine groups is 1. The Bertz CT molecular complexity index is 881. The van der Waals surface area contributed by atoms with Crippen molar-refractivity contribution in [2.24, 2.45) is 10.9 Å². The maximum absolute atomic E-state index is 13.3. The molecule has 2 N–H and O–H groups in total. The Balaban J connectivity index is 1.74. The van der Waals surface area contributed by atoms with E-state index in [2.05, 4.69) is 5.16 Å². The largest absolute Gasteiger partial charge is 0.495 e. The third kappa shape index (κ3) is 3.67. The van der Waals surface area contributed by atoms with Crippen molar-refractivity contribution in [1.82, 2.24) is 0 Å². The summed E-state index contributed by atoms with van der Waals surface area (Å²) in [5, 5.41) is 3.57. The summed E-state index contributed by atoms with van der Waals surface area (Å²) < 4.78 is 44.8. The fourth-order valence-corrected chi connectivity index (χ4v) is 2.72. The number of carbonyl (C=O) groups excluding carboxylic acids is 1. The Morgan fingerprint density at radius 3 is 2.56 bits per heavy atom. The van der Waals surface area contributed by atoms with Crippen LogP contribution >= 0.6 is 0 Å². The van der Waals surface area contributed by atoms with Gasteiger partial charge in [-0.25, -0.2) is 13.2 Å². The van der Waals surface area contributed by atoms with Crippen LogP contribution in [0, 0.1) is 17.5 Å². The van der Waals surface area contributed by atoms with Crippen molar-refractivity contribution < 1.29 is 27.5 Å². The predicted molar refractivity (Wildman–Crippen MR) is 91.9 cm³/mol. The van der Waals surface area contributed by atoms with Crippen molar-refractivity contribution in [3.05, 3.63) is 59.4 Å². The topological polar surface area (TPSA) is 77.2 Å². The number of hydrogen-bond donors (Lipinski definition) is 1. The molecule has 2 aromatic rings. The van der Waals surface area contributed by atoms with E-state index in [-0.39, 0.29) is 17.3 Å². The average molecular weight is 379 g/mol. The normalized spacial score (nSPS) is 17.3. The smallest absolute Gasteiger partial charge is 0.271 e. The van der Waals surface area contributed by atoms with Gasteiger partial charge in [0.1, 0.15) is 5.75 Å². The zero-order valence-corrected chi connectivity index (χ0v) is 14.3. The Kier molecular flexibility index (Phi) is 5.20. The molecule has 0 bridgehead atoms. The van der Waals surface area contributed by atoms with Gasteiger partial charge < -0.3 is 20.2 Å². The number of nitrogens with zero attached hydrogens (tertiary/aromatic N) is 2. The zero-order chi connectivity index (χ0) is 19.6. The van der Waals surface area contributed by atoms with Crippen molar-refractivity contribution in [1.29, 1.82) is 0 Å². The van der Waals surface area contributed by atoms with E-state index >= 15 is 0 Å². The number of oxime groups is 1. The lowest BCUT2D eigenvalue weighted by atomic mass is 10.2. The molecule has 3 rings (SSSR count). The van der Waals surface area contributed by atoms with E-state index in [4.69, 9.17) is 15.3 Å². The number of hydrogen-bond acceptors (Lipinski definition) is 4. The second-order valence-electron chi connectivity index (χ2n) is 5.77. The van der Waals surface area contributed by atoms with Crippen molar-refractivity contribution in [2.75, 3.05) is 18.6 Å². The van der Waals surface area contributed by atoms with Crippen molar-refractivity contribution in [2.45, 2.75) is 12.5 Å². The molecule has 0 aliphatic carbocycles. The van der Waals surface area contributed by atoms with Crippen LogP contribution < -0.4 is 15.4 Å². The molecule has 0 aromatic heterocycles. The van der Waals surface area contributed by atoms with Gasteiger partial charge in [-0.15, -0.1) is 0 Å². The van der Waals surface area contributed by atoms with Crippen LogP contribution in [0.1, 0.15) is 12.0 Å². The summed E-state index contributed by atoms with van der Waals surface area (Å²) in [6.07, 6.45) is -0.580. The molecule has 6 nitrogen and oxygen atoms in total. The summed E-state index contributed by atoms with van der Waals surface area (Å²) in [7, 11) is 1.50. The van der Waals surface area contributed by atoms with Crippen molar-refractivity contribution >= 4 is 17.4 Å². The average Bonchev–Trinajstić information content (AvgIpc) is 3.04. The summed E-state index contributed by atoms with van der Waals surface area (Å²) in [6, 6.07) is 8.40. The third-order valence-corrected chi connectivity index (χ3v) is 4.09. The van der Waals surface area contributed by atoms with Gasteiger partial charge in [0.2, 0.25) is 6.10 Å². The number of ether oxygens (including phenoxy) is 1. The van der Waals surface area contributed by atoms with Crippen LogP contribution in [0.25, 0.3) is 0 Å². The summed E-state index contributed by atoms with van der Waals surface area (Å²) in [6.45, 7) is 0.374. The van der Waals surface area contributed by atoms with Crippen molar-refractivity contribution in [3.8, 4) is 5.75 Å². The number of anilines is 1. The quantitative estimate of drug-likeness (QED) is 0.375. The second-order valence-corrected chi connectivity index (χ2v) is 5.77. The van der Waals surface area contributed by atoms with Gasteiger partial charge in [0.05, 0.1) is 12.8 Å². The van der Waals surface area contributed by atoms with E-state index in [0.29, 0.717) is 36.5 Å². The monoisotopic (exact) mass is 379 g/mol. The first kappa shape index (κ1) is 18.6. The SMILES string of the molecule is COc1ccccc1N1CCC(ON=C(N)c2cc(F)c(F)c(F)c2)C1=O. The molecule has 142 valence electrons. The number of para-hydroxylation sites is 2. The van der Waals surface area contributed by atoms with Crippen LogP contribution in [0.4, 0.5) is 18.9 Å². The number of halogens is 3. The van der Waals surface area contributed by atoms with Gasteiger partial charge in [0, 0.05) is 18.5 Å². The minimum atomic E-state index is -1.61. The van der Waals surface area contributed by atoms with E-state index in [9.17, 15) is 18.0 Å². The van der Waals surface area contributed by atoms with Gasteiger partial charge >= 0.3 is 0 Å². The first-order valence-electron chi connectivity index (χ1n) is 8.01. The standard InChI is InChI=1S/C18H16F3N3O3/c1-26-14-5-3-2-4-13(14)24-7-6-15(18(24)25)27-23-17(22)10-8-11(19)16(21)12(20)9-10/h2-5,8-9,15H,6-7H2,1H3,(H2,22,23).